The quantitative estimate of drug-likeness (QED) is 0.715. The van der Waals surface area contributed by atoms with Gasteiger partial charge >= 0.3 is 6.41 Å². The van der Waals surface area contributed by atoms with Crippen LogP contribution in [0.3, 0.4) is 0 Å². The van der Waals surface area contributed by atoms with Crippen molar-refractivity contribution in [3.05, 3.63) is 34.6 Å². The van der Waals surface area contributed by atoms with Crippen molar-refractivity contribution in [3.63, 3.8) is 0 Å². The lowest BCUT2D eigenvalue weighted by molar-refractivity contribution is 0.541. The fraction of sp³-hybridized carbons (Fsp3) is 0.125. The lowest BCUT2D eigenvalue weighted by atomic mass is 10.2. The van der Waals surface area contributed by atoms with Crippen molar-refractivity contribution >= 4 is 18.0 Å². The highest BCUT2D eigenvalue weighted by Crippen LogP contribution is 2.15. The maximum atomic E-state index is 12.7. The van der Waals surface area contributed by atoms with Gasteiger partial charge in [-0.1, -0.05) is 17.7 Å². The van der Waals surface area contributed by atoms with E-state index in [4.69, 9.17) is 11.6 Å². The summed E-state index contributed by atoms with van der Waals surface area (Å²) in [5, 5.41) is 2.37. The first-order valence-corrected chi connectivity index (χ1v) is 3.66. The van der Waals surface area contributed by atoms with Gasteiger partial charge in [-0.3, -0.25) is 4.79 Å². The molecule has 0 aliphatic carbocycles. The standard InChI is InChI=1S/C8H6ClFNO/c9-7-2-1-6(3-8(7)10)4-11-5-12/h1-3H,4H2,(H,11,12). The molecule has 1 rings (SSSR count). The molecule has 12 heavy (non-hydrogen) atoms. The molecule has 2 nitrogen and oxygen atoms in total. The Morgan fingerprint density at radius 3 is 2.92 bits per heavy atom. The number of benzene rings is 1. The van der Waals surface area contributed by atoms with Crippen LogP contribution in [0.4, 0.5) is 4.39 Å². The summed E-state index contributed by atoms with van der Waals surface area (Å²) in [5.74, 6) is -0.484. The Bertz CT molecular complexity index is 290. The van der Waals surface area contributed by atoms with Gasteiger partial charge in [0, 0.05) is 6.54 Å². The minimum atomic E-state index is -0.484. The summed E-state index contributed by atoms with van der Waals surface area (Å²) in [4.78, 5) is 9.77. The van der Waals surface area contributed by atoms with Crippen molar-refractivity contribution in [1.82, 2.24) is 5.32 Å². The monoisotopic (exact) mass is 186 g/mol. The second-order valence-electron chi connectivity index (χ2n) is 2.20. The zero-order valence-corrected chi connectivity index (χ0v) is 6.86. The molecule has 1 aromatic carbocycles. The van der Waals surface area contributed by atoms with Crippen molar-refractivity contribution in [2.75, 3.05) is 0 Å². The second kappa shape index (κ2) is 4.07. The number of halogens is 2. The van der Waals surface area contributed by atoms with E-state index in [-0.39, 0.29) is 11.6 Å². The number of amides is 1. The Morgan fingerprint density at radius 2 is 2.33 bits per heavy atom. The predicted molar refractivity (Wildman–Crippen MR) is 43.9 cm³/mol. The first-order valence-electron chi connectivity index (χ1n) is 3.28. The van der Waals surface area contributed by atoms with Gasteiger partial charge in [0.25, 0.3) is 0 Å². The Labute approximate surface area is 74.3 Å². The van der Waals surface area contributed by atoms with Gasteiger partial charge in [0.2, 0.25) is 0 Å². The highest BCUT2D eigenvalue weighted by Gasteiger charge is 1.99. The van der Waals surface area contributed by atoms with Crippen molar-refractivity contribution < 1.29 is 9.18 Å². The molecule has 0 unspecified atom stereocenters. The topological polar surface area (TPSA) is 29.1 Å². The van der Waals surface area contributed by atoms with Gasteiger partial charge in [0.15, 0.2) is 0 Å². The third-order valence-corrected chi connectivity index (χ3v) is 1.66. The van der Waals surface area contributed by atoms with E-state index in [1.54, 1.807) is 6.07 Å². The summed E-state index contributed by atoms with van der Waals surface area (Å²) in [6, 6.07) is 4.35. The number of nitrogens with one attached hydrogen (secondary N) is 1. The summed E-state index contributed by atoms with van der Waals surface area (Å²) in [6.45, 7) is 0.261. The zero-order chi connectivity index (χ0) is 8.97. The molecule has 0 spiro atoms. The lowest BCUT2D eigenvalue weighted by Gasteiger charge is -1.99. The maximum Gasteiger partial charge on any atom is 0.309 e. The van der Waals surface area contributed by atoms with E-state index < -0.39 is 5.82 Å². The van der Waals surface area contributed by atoms with Gasteiger partial charge in [0.1, 0.15) is 5.82 Å². The molecule has 0 saturated heterocycles. The third kappa shape index (κ3) is 2.20. The molecule has 4 heteroatoms. The molecule has 0 heterocycles. The lowest BCUT2D eigenvalue weighted by Crippen LogP contribution is -2.09. The SMILES string of the molecule is O=[C]NCc1ccc(Cl)c(F)c1. The number of hydrogen-bond acceptors (Lipinski definition) is 1. The molecule has 0 saturated carbocycles. The first-order chi connectivity index (χ1) is 5.74. The van der Waals surface area contributed by atoms with Gasteiger partial charge in [-0.15, -0.1) is 0 Å². The Balaban J connectivity index is 2.75. The molecule has 0 aliphatic heterocycles. The summed E-state index contributed by atoms with van der Waals surface area (Å²) < 4.78 is 12.7. The van der Waals surface area contributed by atoms with Gasteiger partial charge < -0.3 is 5.32 Å². The molecular weight excluding hydrogens is 181 g/mol. The molecule has 1 N–H and O–H groups in total. The van der Waals surface area contributed by atoms with Crippen molar-refractivity contribution in [2.24, 2.45) is 0 Å². The average Bonchev–Trinajstić information content (AvgIpc) is 2.07. The molecule has 1 aromatic rings. The van der Waals surface area contributed by atoms with Crippen LogP contribution in [-0.4, -0.2) is 6.41 Å². The Morgan fingerprint density at radius 1 is 1.58 bits per heavy atom. The van der Waals surface area contributed by atoms with Crippen LogP contribution < -0.4 is 5.32 Å². The Kier molecular flexibility index (Phi) is 3.05. The molecule has 0 aromatic heterocycles. The fourth-order valence-electron chi connectivity index (χ4n) is 0.788. The number of carbonyl (C=O) groups excluding carboxylic acids is 1. The van der Waals surface area contributed by atoms with Gasteiger partial charge in [-0.05, 0) is 17.7 Å². The van der Waals surface area contributed by atoms with E-state index in [1.165, 1.54) is 18.5 Å². The molecule has 0 fully saturated rings. The molecule has 0 bridgehead atoms. The van der Waals surface area contributed by atoms with Crippen LogP contribution in [0.25, 0.3) is 0 Å². The molecule has 0 aliphatic rings. The molecule has 63 valence electrons. The number of rotatable bonds is 3. The van der Waals surface area contributed by atoms with E-state index in [9.17, 15) is 9.18 Å². The minimum Gasteiger partial charge on any atom is -0.344 e. The second-order valence-corrected chi connectivity index (χ2v) is 2.61. The summed E-state index contributed by atoms with van der Waals surface area (Å²) in [6.07, 6.45) is 1.49. The van der Waals surface area contributed by atoms with Crippen LogP contribution in [0.1, 0.15) is 5.56 Å². The summed E-state index contributed by atoms with van der Waals surface area (Å²) in [5.41, 5.74) is 0.653. The smallest absolute Gasteiger partial charge is 0.309 e. The van der Waals surface area contributed by atoms with E-state index in [2.05, 4.69) is 5.32 Å². The zero-order valence-electron chi connectivity index (χ0n) is 6.10. The van der Waals surface area contributed by atoms with Crippen molar-refractivity contribution in [3.8, 4) is 0 Å². The fourth-order valence-corrected chi connectivity index (χ4v) is 0.905. The van der Waals surface area contributed by atoms with Crippen LogP contribution in [0.15, 0.2) is 18.2 Å². The third-order valence-electron chi connectivity index (χ3n) is 1.35. The largest absolute Gasteiger partial charge is 0.344 e. The predicted octanol–water partition coefficient (Wildman–Crippen LogP) is 1.64. The highest BCUT2D eigenvalue weighted by atomic mass is 35.5. The van der Waals surface area contributed by atoms with Crippen molar-refractivity contribution in [1.29, 1.82) is 0 Å². The van der Waals surface area contributed by atoms with Crippen LogP contribution in [0.2, 0.25) is 5.02 Å². The molecular formula is C8H6ClFNO. The van der Waals surface area contributed by atoms with Crippen LogP contribution in [-0.2, 0) is 11.3 Å². The molecule has 1 amide bonds. The van der Waals surface area contributed by atoms with E-state index in [1.807, 2.05) is 0 Å². The minimum absolute atomic E-state index is 0.0776. The Hall–Kier alpha value is -1.09. The van der Waals surface area contributed by atoms with E-state index >= 15 is 0 Å². The van der Waals surface area contributed by atoms with Crippen molar-refractivity contribution in [2.45, 2.75) is 6.54 Å². The summed E-state index contributed by atoms with van der Waals surface area (Å²) >= 11 is 5.44. The highest BCUT2D eigenvalue weighted by molar-refractivity contribution is 6.30. The van der Waals surface area contributed by atoms with Crippen LogP contribution in [0, 0.1) is 5.82 Å². The number of hydrogen-bond donors (Lipinski definition) is 1. The van der Waals surface area contributed by atoms with Crippen LogP contribution in [0.5, 0.6) is 0 Å². The molecule has 1 radical (unpaired) electrons. The first kappa shape index (κ1) is 9.00. The summed E-state index contributed by atoms with van der Waals surface area (Å²) in [7, 11) is 0. The van der Waals surface area contributed by atoms with E-state index in [0.717, 1.165) is 0 Å². The normalized spacial score (nSPS) is 9.50. The van der Waals surface area contributed by atoms with Gasteiger partial charge in [0.05, 0.1) is 5.02 Å². The van der Waals surface area contributed by atoms with E-state index in [0.29, 0.717) is 5.56 Å². The van der Waals surface area contributed by atoms with Gasteiger partial charge in [-0.2, -0.15) is 0 Å². The maximum absolute atomic E-state index is 12.7. The average molecular weight is 187 g/mol. The van der Waals surface area contributed by atoms with Crippen LogP contribution >= 0.6 is 11.6 Å². The molecule has 0 atom stereocenters. The van der Waals surface area contributed by atoms with Gasteiger partial charge in [-0.25, -0.2) is 4.39 Å².